The van der Waals surface area contributed by atoms with E-state index in [-0.39, 0.29) is 18.5 Å². The molecule has 0 bridgehead atoms. The lowest BCUT2D eigenvalue weighted by Gasteiger charge is -2.14. The molecule has 1 saturated heterocycles. The topological polar surface area (TPSA) is 105 Å². The summed E-state index contributed by atoms with van der Waals surface area (Å²) in [5.74, 6) is -0.253. The van der Waals surface area contributed by atoms with Gasteiger partial charge in [-0.3, -0.25) is 9.69 Å². The van der Waals surface area contributed by atoms with Crippen LogP contribution in [0.25, 0.3) is 5.69 Å². The molecule has 0 spiro atoms. The molecule has 9 heteroatoms. The number of amides is 3. The average Bonchev–Trinajstić information content (AvgIpc) is 3.16. The van der Waals surface area contributed by atoms with Gasteiger partial charge in [-0.2, -0.15) is 0 Å². The first-order valence-corrected chi connectivity index (χ1v) is 6.81. The van der Waals surface area contributed by atoms with Crippen molar-refractivity contribution in [3.8, 4) is 5.69 Å². The molecule has 2 heterocycles. The Kier molecular flexibility index (Phi) is 3.69. The first kappa shape index (κ1) is 14.0. The van der Waals surface area contributed by atoms with E-state index in [4.69, 9.17) is 0 Å². The fourth-order valence-electron chi connectivity index (χ4n) is 2.28. The molecule has 0 atom stereocenters. The number of hydrogen-bond donors (Lipinski definition) is 2. The Morgan fingerprint density at radius 3 is 2.95 bits per heavy atom. The fourth-order valence-corrected chi connectivity index (χ4v) is 2.28. The van der Waals surface area contributed by atoms with Crippen LogP contribution in [0.4, 0.5) is 10.5 Å². The van der Waals surface area contributed by atoms with E-state index in [1.54, 1.807) is 4.68 Å². The van der Waals surface area contributed by atoms with Gasteiger partial charge in [-0.15, -0.1) is 5.10 Å². The first-order valence-electron chi connectivity index (χ1n) is 6.81. The summed E-state index contributed by atoms with van der Waals surface area (Å²) in [5.41, 5.74) is 2.62. The molecular formula is C13H15N7O2. The Labute approximate surface area is 126 Å². The van der Waals surface area contributed by atoms with Gasteiger partial charge in [-0.25, -0.2) is 9.48 Å². The fraction of sp³-hybridized carbons (Fsp3) is 0.308. The Morgan fingerprint density at radius 2 is 2.32 bits per heavy atom. The van der Waals surface area contributed by atoms with Crippen LogP contribution in [0, 0.1) is 6.92 Å². The summed E-state index contributed by atoms with van der Waals surface area (Å²) >= 11 is 0. The Balaban J connectivity index is 1.65. The normalized spacial score (nSPS) is 14.0. The lowest BCUT2D eigenvalue weighted by atomic mass is 10.2. The van der Waals surface area contributed by atoms with Crippen LogP contribution in [0.2, 0.25) is 0 Å². The lowest BCUT2D eigenvalue weighted by Crippen LogP contribution is -2.38. The first-order chi connectivity index (χ1) is 10.6. The number of carbonyl (C=O) groups excluding carboxylic acids is 2. The minimum atomic E-state index is -0.336. The third-order valence-electron chi connectivity index (χ3n) is 3.39. The van der Waals surface area contributed by atoms with Crippen molar-refractivity contribution in [1.29, 1.82) is 0 Å². The third kappa shape index (κ3) is 2.73. The number of anilines is 1. The van der Waals surface area contributed by atoms with Crippen LogP contribution in [0.1, 0.15) is 5.56 Å². The number of aromatic nitrogens is 4. The number of benzene rings is 1. The standard InChI is InChI=1S/C13H15N7O2/c1-9-6-10(2-3-11(9)20-8-16-17-18-20)15-7-12(21)19-5-4-14-13(19)22/h2-3,6,8,15H,4-5,7H2,1H3,(H,14,22). The van der Waals surface area contributed by atoms with Crippen molar-refractivity contribution in [2.45, 2.75) is 6.92 Å². The van der Waals surface area contributed by atoms with E-state index in [9.17, 15) is 9.59 Å². The minimum Gasteiger partial charge on any atom is -0.376 e. The molecule has 1 aromatic carbocycles. The van der Waals surface area contributed by atoms with E-state index >= 15 is 0 Å². The molecule has 0 unspecified atom stereocenters. The lowest BCUT2D eigenvalue weighted by molar-refractivity contribution is -0.125. The van der Waals surface area contributed by atoms with Crippen molar-refractivity contribution in [1.82, 2.24) is 30.4 Å². The SMILES string of the molecule is Cc1cc(NCC(=O)N2CCNC2=O)ccc1-n1cnnn1. The number of urea groups is 1. The number of imide groups is 1. The summed E-state index contributed by atoms with van der Waals surface area (Å²) in [6.07, 6.45) is 1.52. The van der Waals surface area contributed by atoms with Gasteiger partial charge in [-0.05, 0) is 41.1 Å². The van der Waals surface area contributed by atoms with Crippen LogP contribution < -0.4 is 10.6 Å². The second-order valence-corrected chi connectivity index (χ2v) is 4.89. The zero-order valence-electron chi connectivity index (χ0n) is 12.0. The number of carbonyl (C=O) groups is 2. The molecule has 0 radical (unpaired) electrons. The Bertz CT molecular complexity index is 698. The molecule has 114 valence electrons. The molecule has 22 heavy (non-hydrogen) atoms. The molecular weight excluding hydrogens is 286 g/mol. The largest absolute Gasteiger partial charge is 0.376 e. The second-order valence-electron chi connectivity index (χ2n) is 4.89. The maximum Gasteiger partial charge on any atom is 0.324 e. The monoisotopic (exact) mass is 301 g/mol. The van der Waals surface area contributed by atoms with Crippen molar-refractivity contribution in [2.24, 2.45) is 0 Å². The van der Waals surface area contributed by atoms with Crippen molar-refractivity contribution in [2.75, 3.05) is 25.0 Å². The van der Waals surface area contributed by atoms with Crippen LogP contribution in [-0.2, 0) is 4.79 Å². The van der Waals surface area contributed by atoms with Gasteiger partial charge in [0.05, 0.1) is 12.2 Å². The van der Waals surface area contributed by atoms with E-state index in [2.05, 4.69) is 26.2 Å². The molecule has 0 aliphatic carbocycles. The highest BCUT2D eigenvalue weighted by Gasteiger charge is 2.25. The predicted octanol–water partition coefficient (Wildman–Crippen LogP) is -0.0656. The van der Waals surface area contributed by atoms with E-state index in [0.29, 0.717) is 13.1 Å². The molecule has 0 saturated carbocycles. The highest BCUT2D eigenvalue weighted by Crippen LogP contribution is 2.17. The van der Waals surface area contributed by atoms with Gasteiger partial charge in [0.2, 0.25) is 5.91 Å². The van der Waals surface area contributed by atoms with E-state index in [1.807, 2.05) is 25.1 Å². The second kappa shape index (κ2) is 5.80. The van der Waals surface area contributed by atoms with Gasteiger partial charge in [-0.1, -0.05) is 0 Å². The molecule has 3 rings (SSSR count). The van der Waals surface area contributed by atoms with Gasteiger partial charge in [0.25, 0.3) is 0 Å². The van der Waals surface area contributed by atoms with Gasteiger partial charge < -0.3 is 10.6 Å². The number of tetrazole rings is 1. The highest BCUT2D eigenvalue weighted by molar-refractivity contribution is 5.97. The molecule has 2 aromatic rings. The average molecular weight is 301 g/mol. The zero-order valence-corrected chi connectivity index (χ0v) is 12.0. The van der Waals surface area contributed by atoms with Gasteiger partial charge >= 0.3 is 6.03 Å². The molecule has 3 amide bonds. The number of rotatable bonds is 4. The van der Waals surface area contributed by atoms with Crippen molar-refractivity contribution in [3.05, 3.63) is 30.1 Å². The summed E-state index contributed by atoms with van der Waals surface area (Å²) in [6, 6.07) is 5.26. The maximum absolute atomic E-state index is 11.9. The van der Waals surface area contributed by atoms with Gasteiger partial charge in [0, 0.05) is 18.8 Å². The van der Waals surface area contributed by atoms with E-state index < -0.39 is 0 Å². The summed E-state index contributed by atoms with van der Waals surface area (Å²) in [4.78, 5) is 24.5. The predicted molar refractivity (Wildman–Crippen MR) is 77.5 cm³/mol. The summed E-state index contributed by atoms with van der Waals surface area (Å²) < 4.78 is 1.57. The van der Waals surface area contributed by atoms with Crippen LogP contribution in [0.15, 0.2) is 24.5 Å². The smallest absolute Gasteiger partial charge is 0.324 e. The van der Waals surface area contributed by atoms with Gasteiger partial charge in [0.1, 0.15) is 6.33 Å². The Hall–Kier alpha value is -2.97. The quantitative estimate of drug-likeness (QED) is 0.819. The number of nitrogens with zero attached hydrogens (tertiary/aromatic N) is 5. The Morgan fingerprint density at radius 1 is 1.45 bits per heavy atom. The van der Waals surface area contributed by atoms with E-state index in [0.717, 1.165) is 16.9 Å². The van der Waals surface area contributed by atoms with Crippen LogP contribution in [0.3, 0.4) is 0 Å². The summed E-state index contributed by atoms with van der Waals surface area (Å²) in [6.45, 7) is 2.91. The third-order valence-corrected chi connectivity index (χ3v) is 3.39. The van der Waals surface area contributed by atoms with Gasteiger partial charge in [0.15, 0.2) is 0 Å². The van der Waals surface area contributed by atoms with Crippen LogP contribution >= 0.6 is 0 Å². The highest BCUT2D eigenvalue weighted by atomic mass is 16.2. The van der Waals surface area contributed by atoms with Crippen molar-refractivity contribution >= 4 is 17.6 Å². The molecule has 2 N–H and O–H groups in total. The molecule has 1 fully saturated rings. The number of aryl methyl sites for hydroxylation is 1. The molecule has 1 aliphatic rings. The molecule has 9 nitrogen and oxygen atoms in total. The summed E-state index contributed by atoms with van der Waals surface area (Å²) in [5, 5.41) is 16.7. The molecule has 1 aliphatic heterocycles. The van der Waals surface area contributed by atoms with E-state index in [1.165, 1.54) is 11.2 Å². The number of hydrogen-bond acceptors (Lipinski definition) is 6. The van der Waals surface area contributed by atoms with Crippen LogP contribution in [-0.4, -0.2) is 56.7 Å². The summed E-state index contributed by atoms with van der Waals surface area (Å²) in [7, 11) is 0. The maximum atomic E-state index is 11.9. The number of nitrogens with one attached hydrogen (secondary N) is 2. The van der Waals surface area contributed by atoms with Crippen molar-refractivity contribution < 1.29 is 9.59 Å². The van der Waals surface area contributed by atoms with Crippen molar-refractivity contribution in [3.63, 3.8) is 0 Å². The molecule has 1 aromatic heterocycles. The zero-order chi connectivity index (χ0) is 15.5. The van der Waals surface area contributed by atoms with Crippen LogP contribution in [0.5, 0.6) is 0 Å². The minimum absolute atomic E-state index is 0.0666.